The van der Waals surface area contributed by atoms with Crippen molar-refractivity contribution in [1.29, 1.82) is 0 Å². The lowest BCUT2D eigenvalue weighted by Crippen LogP contribution is -2.19. The van der Waals surface area contributed by atoms with Gasteiger partial charge in [-0.25, -0.2) is 9.36 Å². The highest BCUT2D eigenvalue weighted by Gasteiger charge is 2.29. The number of allylic oxidation sites excluding steroid dienone is 6. The van der Waals surface area contributed by atoms with Gasteiger partial charge in [-0.3, -0.25) is 0 Å². The first kappa shape index (κ1) is 32.2. The summed E-state index contributed by atoms with van der Waals surface area (Å²) >= 11 is 1.79. The number of nitrogens with zero attached hydrogens (tertiary/aromatic N) is 2. The van der Waals surface area contributed by atoms with Gasteiger partial charge in [-0.1, -0.05) is 41.5 Å². The number of hydrogen-bond acceptors (Lipinski definition) is 9. The van der Waals surface area contributed by atoms with Crippen molar-refractivity contribution in [3.63, 3.8) is 0 Å². The molecule has 0 spiro atoms. The highest BCUT2D eigenvalue weighted by molar-refractivity contribution is 8.14. The quantitative estimate of drug-likeness (QED) is 0.166. The summed E-state index contributed by atoms with van der Waals surface area (Å²) in [6, 6.07) is 8.90. The van der Waals surface area contributed by atoms with E-state index < -0.39 is 0 Å². The third-order valence-corrected chi connectivity index (χ3v) is 11.3. The van der Waals surface area contributed by atoms with E-state index in [4.69, 9.17) is 37.8 Å². The van der Waals surface area contributed by atoms with Gasteiger partial charge in [0.1, 0.15) is 24.7 Å². The molecule has 2 aliphatic carbocycles. The summed E-state index contributed by atoms with van der Waals surface area (Å²) in [5.41, 5.74) is 2.15. The van der Waals surface area contributed by atoms with Crippen molar-refractivity contribution in [3.8, 4) is 0 Å². The summed E-state index contributed by atoms with van der Waals surface area (Å²) in [4.78, 5) is 7.79. The molecule has 2 aliphatic heterocycles. The highest BCUT2D eigenvalue weighted by Crippen LogP contribution is 2.50. The summed E-state index contributed by atoms with van der Waals surface area (Å²) in [6.45, 7) is 6.81. The van der Waals surface area contributed by atoms with Crippen molar-refractivity contribution in [2.24, 2.45) is 27.1 Å². The lowest BCUT2D eigenvalue weighted by molar-refractivity contribution is 0.0427. The van der Waals surface area contributed by atoms with Gasteiger partial charge < -0.3 is 28.4 Å². The molecule has 10 heteroatoms. The number of benzene rings is 2. The Hall–Kier alpha value is -2.73. The fourth-order valence-corrected chi connectivity index (χ4v) is 9.02. The van der Waals surface area contributed by atoms with Crippen LogP contribution < -0.4 is 0 Å². The Labute approximate surface area is 272 Å². The molecule has 0 saturated carbocycles. The van der Waals surface area contributed by atoms with Gasteiger partial charge in [0.25, 0.3) is 0 Å². The summed E-state index contributed by atoms with van der Waals surface area (Å²) in [5.74, 6) is 3.81. The van der Waals surface area contributed by atoms with Gasteiger partial charge in [0.05, 0.1) is 56.1 Å². The van der Waals surface area contributed by atoms with Crippen LogP contribution in [0.2, 0.25) is 0 Å². The van der Waals surface area contributed by atoms with Crippen LogP contribution in [-0.4, -0.2) is 77.9 Å². The minimum atomic E-state index is -0.202. The van der Waals surface area contributed by atoms with E-state index in [2.05, 4.69) is 67.6 Å². The van der Waals surface area contributed by atoms with E-state index in [1.165, 1.54) is 20.6 Å². The van der Waals surface area contributed by atoms with Crippen molar-refractivity contribution >= 4 is 49.6 Å². The van der Waals surface area contributed by atoms with Gasteiger partial charge in [0.2, 0.25) is 0 Å². The van der Waals surface area contributed by atoms with E-state index in [-0.39, 0.29) is 16.6 Å². The van der Waals surface area contributed by atoms with Crippen LogP contribution in [0.5, 0.6) is 0 Å². The Kier molecular flexibility index (Phi) is 11.2. The second-order valence-electron chi connectivity index (χ2n) is 11.3. The molecule has 4 atom stereocenters. The maximum Gasteiger partial charge on any atom is 0.115 e. The first-order chi connectivity index (χ1) is 22.1. The van der Waals surface area contributed by atoms with Gasteiger partial charge in [0, 0.05) is 46.5 Å². The zero-order valence-electron chi connectivity index (χ0n) is 26.2. The first-order valence-corrected chi connectivity index (χ1v) is 17.8. The van der Waals surface area contributed by atoms with Gasteiger partial charge in [-0.15, -0.1) is 0 Å². The SMILES string of the molecule is COCCOCCOC1=CCC(C2=Nc3ccc4c5c(ccc(c35)S2)N=S4CC2C=CC(OCCOCCOC)=CC2C)C=C1. The Bertz CT molecular complexity index is 1560. The predicted molar refractivity (Wildman–Crippen MR) is 182 cm³/mol. The maximum absolute atomic E-state index is 5.93. The molecule has 0 bridgehead atoms. The normalized spacial score (nSPS) is 23.0. The zero-order valence-corrected chi connectivity index (χ0v) is 27.9. The third kappa shape index (κ3) is 7.81. The largest absolute Gasteiger partial charge is 0.492 e. The van der Waals surface area contributed by atoms with Crippen molar-refractivity contribution in [2.75, 3.05) is 72.8 Å². The molecule has 2 aromatic carbocycles. The molecule has 6 rings (SSSR count). The monoisotopic (exact) mass is 650 g/mol. The molecular weight excluding hydrogens is 609 g/mol. The Balaban J connectivity index is 1.06. The van der Waals surface area contributed by atoms with E-state index in [1.807, 2.05) is 0 Å². The van der Waals surface area contributed by atoms with Crippen molar-refractivity contribution in [1.82, 2.24) is 0 Å². The van der Waals surface area contributed by atoms with Gasteiger partial charge in [0.15, 0.2) is 0 Å². The summed E-state index contributed by atoms with van der Waals surface area (Å²) < 4.78 is 38.1. The van der Waals surface area contributed by atoms with E-state index >= 15 is 0 Å². The van der Waals surface area contributed by atoms with Crippen LogP contribution in [0.3, 0.4) is 0 Å². The fraction of sp³-hybridized carbons (Fsp3) is 0.457. The number of thioether (sulfide) groups is 1. The van der Waals surface area contributed by atoms with Crippen LogP contribution in [0.4, 0.5) is 11.4 Å². The highest BCUT2D eigenvalue weighted by atomic mass is 32.2. The first-order valence-electron chi connectivity index (χ1n) is 15.6. The van der Waals surface area contributed by atoms with Crippen molar-refractivity contribution in [2.45, 2.75) is 23.1 Å². The lowest BCUT2D eigenvalue weighted by Gasteiger charge is -2.24. The average Bonchev–Trinajstić information content (AvgIpc) is 3.43. The Morgan fingerprint density at radius 3 is 2.22 bits per heavy atom. The molecule has 0 N–H and O–H groups in total. The van der Waals surface area contributed by atoms with E-state index in [0.717, 1.165) is 40.1 Å². The molecule has 0 amide bonds. The Morgan fingerprint density at radius 1 is 0.800 bits per heavy atom. The molecule has 8 nitrogen and oxygen atoms in total. The second kappa shape index (κ2) is 15.7. The van der Waals surface area contributed by atoms with Gasteiger partial charge in [-0.05, 0) is 66.8 Å². The minimum absolute atomic E-state index is 0.202. The van der Waals surface area contributed by atoms with Crippen molar-refractivity contribution < 1.29 is 28.4 Å². The summed E-state index contributed by atoms with van der Waals surface area (Å²) in [7, 11) is 3.14. The number of aliphatic imine (C=N–C) groups is 1. The number of methoxy groups -OCH3 is 2. The molecule has 2 heterocycles. The van der Waals surface area contributed by atoms with Crippen LogP contribution in [0.15, 0.2) is 91.4 Å². The fourth-order valence-electron chi connectivity index (χ4n) is 5.69. The van der Waals surface area contributed by atoms with Crippen LogP contribution in [0.1, 0.15) is 13.3 Å². The average molecular weight is 651 g/mol. The maximum atomic E-state index is 5.93. The van der Waals surface area contributed by atoms with E-state index in [1.54, 1.807) is 26.0 Å². The number of ether oxygens (including phenoxy) is 6. The molecule has 0 saturated heterocycles. The topological polar surface area (TPSA) is 80.1 Å². The smallest absolute Gasteiger partial charge is 0.115 e. The zero-order chi connectivity index (χ0) is 31.0. The molecular formula is C35H42N2O6S2. The molecule has 2 aromatic rings. The lowest BCUT2D eigenvalue weighted by atomic mass is 9.91. The minimum Gasteiger partial charge on any atom is -0.492 e. The number of hydrogen-bond donors (Lipinski definition) is 0. The second-order valence-corrected chi connectivity index (χ2v) is 14.0. The van der Waals surface area contributed by atoms with Crippen LogP contribution in [0.25, 0.3) is 10.8 Å². The molecule has 0 aromatic heterocycles. The van der Waals surface area contributed by atoms with Gasteiger partial charge >= 0.3 is 0 Å². The standard InChI is InChI=1S/C35H42N2O6S2/c1-24-22-28(43-21-19-41-17-15-39-3)9-6-26(24)23-45-32-13-11-29-33-31(12-10-30(37-45)34(32)33)44-35(36-29)25-4-7-27(8-5-25)42-20-18-40-16-14-38-2/h4,6-13,22,24-26H,5,14-21,23H2,1-3H3. The number of rotatable bonds is 17. The molecule has 0 radical (unpaired) electrons. The van der Waals surface area contributed by atoms with Crippen LogP contribution in [0, 0.1) is 17.8 Å². The van der Waals surface area contributed by atoms with Crippen LogP contribution >= 0.6 is 11.8 Å². The predicted octanol–water partition coefficient (Wildman–Crippen LogP) is 7.31. The Morgan fingerprint density at radius 2 is 1.51 bits per heavy atom. The van der Waals surface area contributed by atoms with Crippen LogP contribution in [-0.2, 0) is 39.1 Å². The molecule has 4 aliphatic rings. The summed E-state index contributed by atoms with van der Waals surface area (Å²) in [5, 5.41) is 3.66. The molecule has 240 valence electrons. The van der Waals surface area contributed by atoms with E-state index in [9.17, 15) is 0 Å². The van der Waals surface area contributed by atoms with E-state index in [0.29, 0.717) is 64.7 Å². The van der Waals surface area contributed by atoms with Crippen molar-refractivity contribution in [3.05, 3.63) is 72.2 Å². The van der Waals surface area contributed by atoms with Gasteiger partial charge in [-0.2, -0.15) is 0 Å². The third-order valence-electron chi connectivity index (χ3n) is 8.15. The summed E-state index contributed by atoms with van der Waals surface area (Å²) in [6.07, 6.45) is 13.9. The molecule has 0 fully saturated rings. The molecule has 4 unspecified atom stereocenters. The molecule has 45 heavy (non-hydrogen) atoms.